The normalized spacial score (nSPS) is 17.6. The number of halogens is 3. The Morgan fingerprint density at radius 3 is 2.40 bits per heavy atom. The Morgan fingerprint density at radius 1 is 1.10 bits per heavy atom. The minimum atomic E-state index is -1.13. The van der Waals surface area contributed by atoms with Crippen LogP contribution in [0.3, 0.4) is 0 Å². The fourth-order valence-corrected chi connectivity index (χ4v) is 3.12. The number of rotatable bonds is 6. The van der Waals surface area contributed by atoms with Crippen LogP contribution < -0.4 is 5.32 Å². The molecule has 1 aliphatic rings. The first kappa shape index (κ1) is 15.4. The van der Waals surface area contributed by atoms with Crippen LogP contribution in [0.1, 0.15) is 57.1 Å². The van der Waals surface area contributed by atoms with Gasteiger partial charge in [0.2, 0.25) is 0 Å². The number of hydrogen-bond acceptors (Lipinski definition) is 1. The van der Waals surface area contributed by atoms with Crippen LogP contribution >= 0.6 is 0 Å². The summed E-state index contributed by atoms with van der Waals surface area (Å²) in [5.41, 5.74) is 0.240. The van der Waals surface area contributed by atoms with E-state index in [1.165, 1.54) is 25.7 Å². The quantitative estimate of drug-likeness (QED) is 0.745. The molecule has 0 bridgehead atoms. The molecule has 1 aromatic rings. The third-order valence-electron chi connectivity index (χ3n) is 4.20. The SMILES string of the molecule is CCNC(CCC1CCCC1)c1cc(F)c(F)cc1F. The Balaban J connectivity index is 2.08. The third kappa shape index (κ3) is 3.75. The highest BCUT2D eigenvalue weighted by molar-refractivity contribution is 5.23. The van der Waals surface area contributed by atoms with E-state index in [0.717, 1.165) is 18.9 Å². The van der Waals surface area contributed by atoms with Crippen molar-refractivity contribution < 1.29 is 13.2 Å². The number of benzene rings is 1. The van der Waals surface area contributed by atoms with Crippen molar-refractivity contribution in [3.8, 4) is 0 Å². The van der Waals surface area contributed by atoms with Gasteiger partial charge in [-0.1, -0.05) is 32.6 Å². The van der Waals surface area contributed by atoms with E-state index in [9.17, 15) is 13.2 Å². The van der Waals surface area contributed by atoms with Crippen molar-refractivity contribution in [1.82, 2.24) is 5.32 Å². The Kier molecular flexibility index (Phi) is 5.46. The van der Waals surface area contributed by atoms with Gasteiger partial charge in [0.1, 0.15) is 5.82 Å². The van der Waals surface area contributed by atoms with Crippen LogP contribution in [0.4, 0.5) is 13.2 Å². The molecule has 1 unspecified atom stereocenters. The highest BCUT2D eigenvalue weighted by Crippen LogP contribution is 2.32. The van der Waals surface area contributed by atoms with Crippen LogP contribution in [0.5, 0.6) is 0 Å². The Morgan fingerprint density at radius 2 is 1.75 bits per heavy atom. The molecule has 1 nitrogen and oxygen atoms in total. The van der Waals surface area contributed by atoms with Gasteiger partial charge in [0.25, 0.3) is 0 Å². The van der Waals surface area contributed by atoms with Gasteiger partial charge in [-0.05, 0) is 31.4 Å². The van der Waals surface area contributed by atoms with Crippen molar-refractivity contribution in [2.75, 3.05) is 6.54 Å². The smallest absolute Gasteiger partial charge is 0.161 e. The Bertz CT molecular complexity index is 442. The average Bonchev–Trinajstić information content (AvgIpc) is 2.92. The van der Waals surface area contributed by atoms with E-state index in [1.54, 1.807) is 0 Å². The zero-order valence-electron chi connectivity index (χ0n) is 11.9. The summed E-state index contributed by atoms with van der Waals surface area (Å²) in [6, 6.07) is 1.40. The molecular formula is C16H22F3N. The van der Waals surface area contributed by atoms with Crippen molar-refractivity contribution in [1.29, 1.82) is 0 Å². The van der Waals surface area contributed by atoms with E-state index in [1.807, 2.05) is 6.92 Å². The van der Waals surface area contributed by atoms with Crippen LogP contribution in [-0.2, 0) is 0 Å². The predicted octanol–water partition coefficient (Wildman–Crippen LogP) is 4.72. The molecule has 0 aromatic heterocycles. The van der Waals surface area contributed by atoms with Gasteiger partial charge in [-0.3, -0.25) is 0 Å². The monoisotopic (exact) mass is 285 g/mol. The second kappa shape index (κ2) is 7.11. The van der Waals surface area contributed by atoms with Gasteiger partial charge in [-0.25, -0.2) is 13.2 Å². The van der Waals surface area contributed by atoms with E-state index in [4.69, 9.17) is 0 Å². The first-order valence-corrected chi connectivity index (χ1v) is 7.49. The summed E-state index contributed by atoms with van der Waals surface area (Å²) in [5, 5.41) is 3.18. The molecule has 0 heterocycles. The predicted molar refractivity (Wildman–Crippen MR) is 73.9 cm³/mol. The summed E-state index contributed by atoms with van der Waals surface area (Å²) in [6.45, 7) is 2.61. The molecule has 0 spiro atoms. The van der Waals surface area contributed by atoms with E-state index >= 15 is 0 Å². The zero-order valence-corrected chi connectivity index (χ0v) is 11.9. The number of nitrogens with one attached hydrogen (secondary N) is 1. The maximum absolute atomic E-state index is 13.9. The van der Waals surface area contributed by atoms with E-state index < -0.39 is 17.5 Å². The topological polar surface area (TPSA) is 12.0 Å². The molecule has 20 heavy (non-hydrogen) atoms. The summed E-state index contributed by atoms with van der Waals surface area (Å²) in [6.07, 6.45) is 6.79. The van der Waals surface area contributed by atoms with Crippen LogP contribution in [0, 0.1) is 23.4 Å². The maximum atomic E-state index is 13.9. The van der Waals surface area contributed by atoms with E-state index in [2.05, 4.69) is 5.32 Å². The second-order valence-electron chi connectivity index (χ2n) is 5.63. The van der Waals surface area contributed by atoms with Gasteiger partial charge in [0, 0.05) is 17.7 Å². The van der Waals surface area contributed by atoms with Gasteiger partial charge in [0.15, 0.2) is 11.6 Å². The summed E-state index contributed by atoms with van der Waals surface area (Å²) in [4.78, 5) is 0. The fraction of sp³-hybridized carbons (Fsp3) is 0.625. The summed E-state index contributed by atoms with van der Waals surface area (Å²) >= 11 is 0. The van der Waals surface area contributed by atoms with Gasteiger partial charge in [-0.15, -0.1) is 0 Å². The number of hydrogen-bond donors (Lipinski definition) is 1. The lowest BCUT2D eigenvalue weighted by Gasteiger charge is -2.21. The second-order valence-corrected chi connectivity index (χ2v) is 5.63. The molecule has 1 N–H and O–H groups in total. The highest BCUT2D eigenvalue weighted by Gasteiger charge is 2.21. The molecule has 112 valence electrons. The third-order valence-corrected chi connectivity index (χ3v) is 4.20. The molecule has 0 radical (unpaired) electrons. The molecule has 0 amide bonds. The van der Waals surface area contributed by atoms with Crippen molar-refractivity contribution in [2.24, 2.45) is 5.92 Å². The van der Waals surface area contributed by atoms with Crippen molar-refractivity contribution in [2.45, 2.75) is 51.5 Å². The van der Waals surface area contributed by atoms with Crippen LogP contribution in [0.15, 0.2) is 12.1 Å². The molecule has 1 saturated carbocycles. The zero-order chi connectivity index (χ0) is 14.5. The molecule has 0 aliphatic heterocycles. The van der Waals surface area contributed by atoms with Crippen molar-refractivity contribution >= 4 is 0 Å². The van der Waals surface area contributed by atoms with Crippen LogP contribution in [0.2, 0.25) is 0 Å². The van der Waals surface area contributed by atoms with Crippen LogP contribution in [-0.4, -0.2) is 6.54 Å². The average molecular weight is 285 g/mol. The van der Waals surface area contributed by atoms with Crippen molar-refractivity contribution in [3.63, 3.8) is 0 Å². The molecule has 4 heteroatoms. The first-order valence-electron chi connectivity index (χ1n) is 7.49. The minimum absolute atomic E-state index is 0.240. The lowest BCUT2D eigenvalue weighted by atomic mass is 9.94. The Labute approximate surface area is 118 Å². The lowest BCUT2D eigenvalue weighted by Crippen LogP contribution is -2.23. The first-order chi connectivity index (χ1) is 9.61. The summed E-state index contributed by atoms with van der Waals surface area (Å²) in [5.74, 6) is -2.08. The molecule has 1 aliphatic carbocycles. The van der Waals surface area contributed by atoms with Gasteiger partial charge >= 0.3 is 0 Å². The summed E-state index contributed by atoms with van der Waals surface area (Å²) < 4.78 is 40.2. The standard InChI is InChI=1S/C16H22F3N/c1-2-20-16(8-7-11-5-3-4-6-11)12-9-14(18)15(19)10-13(12)17/h9-11,16,20H,2-8H2,1H3. The lowest BCUT2D eigenvalue weighted by molar-refractivity contribution is 0.402. The van der Waals surface area contributed by atoms with Crippen molar-refractivity contribution in [3.05, 3.63) is 35.1 Å². The summed E-state index contributed by atoms with van der Waals surface area (Å²) in [7, 11) is 0. The van der Waals surface area contributed by atoms with Crippen LogP contribution in [0.25, 0.3) is 0 Å². The fourth-order valence-electron chi connectivity index (χ4n) is 3.12. The van der Waals surface area contributed by atoms with Gasteiger partial charge in [-0.2, -0.15) is 0 Å². The minimum Gasteiger partial charge on any atom is -0.310 e. The Hall–Kier alpha value is -1.03. The van der Waals surface area contributed by atoms with Gasteiger partial charge in [0.05, 0.1) is 0 Å². The largest absolute Gasteiger partial charge is 0.310 e. The van der Waals surface area contributed by atoms with Gasteiger partial charge < -0.3 is 5.32 Å². The van der Waals surface area contributed by atoms with E-state index in [-0.39, 0.29) is 11.6 Å². The molecule has 1 aromatic carbocycles. The molecule has 1 fully saturated rings. The molecule has 1 atom stereocenters. The molecule has 0 saturated heterocycles. The van der Waals surface area contributed by atoms with E-state index in [0.29, 0.717) is 18.5 Å². The maximum Gasteiger partial charge on any atom is 0.161 e. The molecular weight excluding hydrogens is 263 g/mol. The molecule has 2 rings (SSSR count). The highest BCUT2D eigenvalue weighted by atomic mass is 19.2.